The molecule has 150 valence electrons. The van der Waals surface area contributed by atoms with E-state index in [1.807, 2.05) is 24.3 Å². The maximum Gasteiger partial charge on any atom is 0.323 e. The molecule has 0 fully saturated rings. The molecule has 27 heavy (non-hydrogen) atoms. The average molecular weight is 385 g/mol. The largest absolute Gasteiger partial charge is 0.481 e. The first-order chi connectivity index (χ1) is 12.3. The molecule has 0 aliphatic rings. The third kappa shape index (κ3) is 7.83. The molecular weight excluding hydrogens is 362 g/mol. The van der Waals surface area contributed by atoms with Gasteiger partial charge in [-0.15, -0.1) is 0 Å². The van der Waals surface area contributed by atoms with E-state index in [1.54, 1.807) is 11.7 Å². The molecule has 11 heteroatoms. The lowest BCUT2D eigenvalue weighted by molar-refractivity contribution is -0.142. The number of nitrogens with two attached hydrogens (primary N) is 1. The predicted octanol–water partition coefficient (Wildman–Crippen LogP) is -0.419. The fraction of sp³-hybridized carbons (Fsp3) is 0.312. The smallest absolute Gasteiger partial charge is 0.323 e. The summed E-state index contributed by atoms with van der Waals surface area (Å²) in [5.74, 6) is -3.27. The van der Waals surface area contributed by atoms with Crippen LogP contribution in [0.15, 0.2) is 30.5 Å². The third-order valence-electron chi connectivity index (χ3n) is 3.54. The fourth-order valence-corrected chi connectivity index (χ4v) is 2.11. The number of nitrogens with one attached hydrogen (secondary N) is 2. The number of rotatable bonds is 8. The Kier molecular flexibility index (Phi) is 10.3. The number of carboxylic acid groups (broad SMARTS) is 3. The minimum atomic E-state index is -1.17. The van der Waals surface area contributed by atoms with E-state index in [-0.39, 0.29) is 24.7 Å². The monoisotopic (exact) mass is 385 g/mol. The number of para-hydroxylation sites is 1. The molecule has 10 N–H and O–H groups in total. The molecule has 0 amide bonds. The summed E-state index contributed by atoms with van der Waals surface area (Å²) in [5, 5.41) is 34.8. The van der Waals surface area contributed by atoms with Crippen LogP contribution in [0.5, 0.6) is 0 Å². The van der Waals surface area contributed by atoms with E-state index in [0.29, 0.717) is 0 Å². The lowest BCUT2D eigenvalue weighted by Gasteiger charge is -2.08. The van der Waals surface area contributed by atoms with E-state index in [4.69, 9.17) is 26.3 Å². The van der Waals surface area contributed by atoms with E-state index in [9.17, 15) is 14.4 Å². The summed E-state index contributed by atoms with van der Waals surface area (Å²) in [7, 11) is 0. The molecule has 0 aliphatic carbocycles. The van der Waals surface area contributed by atoms with Crippen LogP contribution in [-0.4, -0.2) is 61.0 Å². The maximum atomic E-state index is 10.8. The Morgan fingerprint density at radius 1 is 1.11 bits per heavy atom. The molecule has 1 aromatic carbocycles. The first kappa shape index (κ1) is 24.0. The van der Waals surface area contributed by atoms with Crippen molar-refractivity contribution in [3.63, 3.8) is 0 Å². The summed E-state index contributed by atoms with van der Waals surface area (Å²) in [5.41, 5.74) is 8.62. The Hall–Kier alpha value is -2.99. The second-order valence-corrected chi connectivity index (χ2v) is 5.46. The van der Waals surface area contributed by atoms with E-state index in [0.717, 1.165) is 16.5 Å². The maximum absolute atomic E-state index is 10.8. The van der Waals surface area contributed by atoms with Gasteiger partial charge in [-0.1, -0.05) is 18.2 Å². The molecular formula is C16H23N3O8. The van der Waals surface area contributed by atoms with Gasteiger partial charge < -0.3 is 36.7 Å². The van der Waals surface area contributed by atoms with Gasteiger partial charge in [-0.05, 0) is 18.1 Å². The Morgan fingerprint density at radius 3 is 2.26 bits per heavy atom. The molecule has 0 saturated heterocycles. The number of carboxylic acids is 3. The van der Waals surface area contributed by atoms with Crippen molar-refractivity contribution in [2.45, 2.75) is 31.3 Å². The van der Waals surface area contributed by atoms with Crippen LogP contribution in [0.1, 0.15) is 18.4 Å². The van der Waals surface area contributed by atoms with Gasteiger partial charge in [0.05, 0.1) is 0 Å². The van der Waals surface area contributed by atoms with Crippen LogP contribution < -0.4 is 11.2 Å². The van der Waals surface area contributed by atoms with Gasteiger partial charge >= 0.3 is 17.9 Å². The van der Waals surface area contributed by atoms with E-state index in [2.05, 4.69) is 4.98 Å². The third-order valence-corrected chi connectivity index (χ3v) is 3.54. The van der Waals surface area contributed by atoms with Crippen molar-refractivity contribution < 1.29 is 40.4 Å². The topological polar surface area (TPSA) is 217 Å². The highest BCUT2D eigenvalue weighted by molar-refractivity contribution is 5.84. The second-order valence-electron chi connectivity index (χ2n) is 5.46. The SMILES string of the molecule is N[C@@H](CCC(=O)O)C(=O)O.O.O=C(O)C(Cc1c[nH]c2ccccc12)NO. The highest BCUT2D eigenvalue weighted by Gasteiger charge is 2.18. The zero-order valence-electron chi connectivity index (χ0n) is 14.3. The minimum Gasteiger partial charge on any atom is -0.481 e. The molecule has 2 atom stereocenters. The summed E-state index contributed by atoms with van der Waals surface area (Å²) < 4.78 is 0. The lowest BCUT2D eigenvalue weighted by Crippen LogP contribution is -2.36. The van der Waals surface area contributed by atoms with Crippen molar-refractivity contribution in [3.8, 4) is 0 Å². The summed E-state index contributed by atoms with van der Waals surface area (Å²) in [6.45, 7) is 0. The number of H-pyrrole nitrogens is 1. The Labute approximate surface area is 153 Å². The highest BCUT2D eigenvalue weighted by Crippen LogP contribution is 2.18. The second kappa shape index (κ2) is 11.6. The van der Waals surface area contributed by atoms with Gasteiger partial charge in [-0.2, -0.15) is 5.48 Å². The minimum absolute atomic E-state index is 0. The molecule has 0 aliphatic heterocycles. The molecule has 2 rings (SSSR count). The van der Waals surface area contributed by atoms with E-state index in [1.165, 1.54) is 0 Å². The molecule has 1 aromatic heterocycles. The van der Waals surface area contributed by atoms with Crippen molar-refractivity contribution in [1.82, 2.24) is 10.5 Å². The number of hydrogen-bond acceptors (Lipinski definition) is 6. The van der Waals surface area contributed by atoms with Gasteiger partial charge in [0.15, 0.2) is 0 Å². The van der Waals surface area contributed by atoms with Gasteiger partial charge in [0.1, 0.15) is 12.1 Å². The normalized spacial score (nSPS) is 12.2. The molecule has 1 heterocycles. The van der Waals surface area contributed by atoms with Crippen LogP contribution in [0.4, 0.5) is 0 Å². The van der Waals surface area contributed by atoms with Crippen molar-refractivity contribution in [2.75, 3.05) is 0 Å². The molecule has 0 saturated carbocycles. The summed E-state index contributed by atoms with van der Waals surface area (Å²) >= 11 is 0. The van der Waals surface area contributed by atoms with Gasteiger partial charge in [-0.25, -0.2) is 0 Å². The van der Waals surface area contributed by atoms with E-state index >= 15 is 0 Å². The Balaban J connectivity index is 0.000000539. The number of fused-ring (bicyclic) bond motifs is 1. The van der Waals surface area contributed by atoms with Gasteiger partial charge in [0, 0.05) is 29.9 Å². The predicted molar refractivity (Wildman–Crippen MR) is 94.4 cm³/mol. The number of benzene rings is 1. The molecule has 1 unspecified atom stereocenters. The summed E-state index contributed by atoms with van der Waals surface area (Å²) in [6, 6.07) is 5.58. The number of hydrogen-bond donors (Lipinski definition) is 7. The van der Waals surface area contributed by atoms with Crippen molar-refractivity contribution in [3.05, 3.63) is 36.0 Å². The van der Waals surface area contributed by atoms with Gasteiger partial charge in [0.2, 0.25) is 0 Å². The fourth-order valence-electron chi connectivity index (χ4n) is 2.11. The van der Waals surface area contributed by atoms with Crippen LogP contribution in [0.25, 0.3) is 10.9 Å². The average Bonchev–Trinajstić information content (AvgIpc) is 3.00. The first-order valence-electron chi connectivity index (χ1n) is 7.63. The van der Waals surface area contributed by atoms with E-state index < -0.39 is 30.0 Å². The van der Waals surface area contributed by atoms with Crippen LogP contribution in [0.2, 0.25) is 0 Å². The van der Waals surface area contributed by atoms with Crippen molar-refractivity contribution >= 4 is 28.8 Å². The lowest BCUT2D eigenvalue weighted by atomic mass is 10.1. The van der Waals surface area contributed by atoms with Crippen molar-refractivity contribution in [1.29, 1.82) is 0 Å². The van der Waals surface area contributed by atoms with Gasteiger partial charge in [0.25, 0.3) is 0 Å². The molecule has 0 bridgehead atoms. The summed E-state index contributed by atoms with van der Waals surface area (Å²) in [6.07, 6.45) is 1.77. The first-order valence-corrected chi connectivity index (χ1v) is 7.63. The number of carbonyl (C=O) groups is 3. The molecule has 0 radical (unpaired) electrons. The van der Waals surface area contributed by atoms with Gasteiger partial charge in [-0.3, -0.25) is 14.4 Å². The van der Waals surface area contributed by atoms with Crippen LogP contribution >= 0.6 is 0 Å². The number of aromatic nitrogens is 1. The Bertz CT molecular complexity index is 761. The molecule has 2 aromatic rings. The standard InChI is InChI=1S/C11H12N2O3.C5H9NO4.H2O/c14-11(15)10(13-16)5-7-6-12-9-4-2-1-3-8(7)9;6-3(5(9)10)1-2-4(7)8;/h1-4,6,10,12-13,16H,5H2,(H,14,15);3H,1-2,6H2,(H,7,8)(H,9,10);1H2/t;3-;/m.0./s1. The number of aromatic amines is 1. The number of aliphatic carboxylic acids is 3. The Morgan fingerprint density at radius 2 is 1.74 bits per heavy atom. The molecule has 11 nitrogen and oxygen atoms in total. The molecule has 0 spiro atoms. The van der Waals surface area contributed by atoms with Crippen LogP contribution in [-0.2, 0) is 20.8 Å². The van der Waals surface area contributed by atoms with Crippen LogP contribution in [0, 0.1) is 0 Å². The van der Waals surface area contributed by atoms with Crippen LogP contribution in [0.3, 0.4) is 0 Å². The summed E-state index contributed by atoms with van der Waals surface area (Å²) in [4.78, 5) is 33.7. The number of hydroxylamine groups is 1. The quantitative estimate of drug-likeness (QED) is 0.293. The highest BCUT2D eigenvalue weighted by atomic mass is 16.5. The zero-order chi connectivity index (χ0) is 19.7. The van der Waals surface area contributed by atoms with Crippen molar-refractivity contribution in [2.24, 2.45) is 5.73 Å². The zero-order valence-corrected chi connectivity index (χ0v) is 14.3.